The van der Waals surface area contributed by atoms with Crippen LogP contribution >= 0.6 is 11.3 Å². The van der Waals surface area contributed by atoms with Crippen molar-refractivity contribution in [1.29, 1.82) is 0 Å². The van der Waals surface area contributed by atoms with E-state index in [4.69, 9.17) is 0 Å². The number of aryl methyl sites for hydroxylation is 1. The third-order valence-corrected chi connectivity index (χ3v) is 3.29. The fraction of sp³-hybridized carbons (Fsp3) is 0.538. The molecule has 0 aliphatic rings. The topological polar surface area (TPSA) is 0 Å². The number of rotatable bonds is 5. The number of thiophene rings is 1. The molecule has 0 amide bonds. The molecule has 78 valence electrons. The molecule has 0 spiro atoms. The van der Waals surface area contributed by atoms with Crippen LogP contribution in [0.4, 0.5) is 0 Å². The molecular formula is C13H20S. The molecule has 0 bridgehead atoms. The van der Waals surface area contributed by atoms with Crippen molar-refractivity contribution in [2.24, 2.45) is 5.92 Å². The molecule has 0 nitrogen and oxygen atoms in total. The van der Waals surface area contributed by atoms with E-state index in [0.717, 1.165) is 5.92 Å². The first kappa shape index (κ1) is 11.5. The second kappa shape index (κ2) is 6.02. The van der Waals surface area contributed by atoms with Gasteiger partial charge in [0, 0.05) is 9.75 Å². The largest absolute Gasteiger partial charge is 0.145 e. The molecule has 0 aliphatic carbocycles. The first-order valence-corrected chi connectivity index (χ1v) is 6.22. The van der Waals surface area contributed by atoms with Crippen molar-refractivity contribution in [2.45, 2.75) is 40.0 Å². The molecule has 0 aliphatic heterocycles. The van der Waals surface area contributed by atoms with Crippen LogP contribution in [0, 0.1) is 5.92 Å². The molecule has 0 saturated heterocycles. The Kier molecular flexibility index (Phi) is 4.95. The number of hydrogen-bond acceptors (Lipinski definition) is 1. The molecule has 0 radical (unpaired) electrons. The molecule has 1 heterocycles. The van der Waals surface area contributed by atoms with Gasteiger partial charge in [0.25, 0.3) is 0 Å². The molecule has 1 heteroatoms. The van der Waals surface area contributed by atoms with Gasteiger partial charge in [-0.2, -0.15) is 0 Å². The minimum absolute atomic E-state index is 0.775. The second-order valence-corrected chi connectivity index (χ2v) is 5.33. The van der Waals surface area contributed by atoms with Crippen LogP contribution in [-0.2, 0) is 12.8 Å². The molecule has 1 rings (SSSR count). The highest BCUT2D eigenvalue weighted by Gasteiger charge is 2.01. The first-order valence-electron chi connectivity index (χ1n) is 5.41. The van der Waals surface area contributed by atoms with Crippen molar-refractivity contribution in [3.8, 4) is 0 Å². The SMILES string of the molecule is C/C=C\CCc1ccc(CC(C)C)s1. The van der Waals surface area contributed by atoms with Gasteiger partial charge in [-0.05, 0) is 44.2 Å². The van der Waals surface area contributed by atoms with Crippen LogP contribution in [0.5, 0.6) is 0 Å². The molecule has 1 aromatic rings. The van der Waals surface area contributed by atoms with Gasteiger partial charge < -0.3 is 0 Å². The fourth-order valence-corrected chi connectivity index (χ4v) is 2.71. The molecule has 0 unspecified atom stereocenters. The van der Waals surface area contributed by atoms with E-state index in [1.165, 1.54) is 29.0 Å². The van der Waals surface area contributed by atoms with E-state index in [0.29, 0.717) is 0 Å². The van der Waals surface area contributed by atoms with Crippen LogP contribution in [-0.4, -0.2) is 0 Å². The maximum atomic E-state index is 2.29. The zero-order chi connectivity index (χ0) is 10.4. The van der Waals surface area contributed by atoms with Gasteiger partial charge in [0.1, 0.15) is 0 Å². The van der Waals surface area contributed by atoms with Gasteiger partial charge >= 0.3 is 0 Å². The summed E-state index contributed by atoms with van der Waals surface area (Å²) in [4.78, 5) is 3.06. The van der Waals surface area contributed by atoms with Gasteiger partial charge in [0.2, 0.25) is 0 Å². The molecular weight excluding hydrogens is 188 g/mol. The van der Waals surface area contributed by atoms with Crippen LogP contribution in [0.25, 0.3) is 0 Å². The third kappa shape index (κ3) is 4.10. The average molecular weight is 208 g/mol. The lowest BCUT2D eigenvalue weighted by Crippen LogP contribution is -1.89. The normalized spacial score (nSPS) is 11.7. The smallest absolute Gasteiger partial charge is 0.00512 e. The van der Waals surface area contributed by atoms with E-state index in [1.54, 1.807) is 0 Å². The Hall–Kier alpha value is -0.560. The summed E-state index contributed by atoms with van der Waals surface area (Å²) in [6.07, 6.45) is 7.98. The van der Waals surface area contributed by atoms with E-state index >= 15 is 0 Å². The van der Waals surface area contributed by atoms with E-state index in [9.17, 15) is 0 Å². The van der Waals surface area contributed by atoms with Crippen molar-refractivity contribution in [3.05, 3.63) is 34.0 Å². The summed E-state index contributed by atoms with van der Waals surface area (Å²) in [5, 5.41) is 0. The van der Waals surface area contributed by atoms with Crippen LogP contribution in [0.2, 0.25) is 0 Å². The van der Waals surface area contributed by atoms with Crippen molar-refractivity contribution >= 4 is 11.3 Å². The van der Waals surface area contributed by atoms with Crippen LogP contribution < -0.4 is 0 Å². The lowest BCUT2D eigenvalue weighted by Gasteiger charge is -1.99. The predicted molar refractivity (Wildman–Crippen MR) is 66.0 cm³/mol. The first-order chi connectivity index (χ1) is 6.72. The van der Waals surface area contributed by atoms with Crippen LogP contribution in [0.1, 0.15) is 36.9 Å². The van der Waals surface area contributed by atoms with E-state index in [1.807, 2.05) is 11.3 Å². The number of allylic oxidation sites excluding steroid dienone is 2. The maximum absolute atomic E-state index is 2.29. The van der Waals surface area contributed by atoms with E-state index in [2.05, 4.69) is 45.1 Å². The van der Waals surface area contributed by atoms with Crippen molar-refractivity contribution in [3.63, 3.8) is 0 Å². The molecule has 0 saturated carbocycles. The monoisotopic (exact) mass is 208 g/mol. The highest BCUT2D eigenvalue weighted by molar-refractivity contribution is 7.11. The second-order valence-electron chi connectivity index (χ2n) is 4.07. The summed E-state index contributed by atoms with van der Waals surface area (Å²) in [5.74, 6) is 0.775. The Balaban J connectivity index is 2.42. The van der Waals surface area contributed by atoms with E-state index in [-0.39, 0.29) is 0 Å². The molecule has 1 aromatic heterocycles. The predicted octanol–water partition coefficient (Wildman–Crippen LogP) is 4.46. The zero-order valence-electron chi connectivity index (χ0n) is 9.42. The van der Waals surface area contributed by atoms with E-state index < -0.39 is 0 Å². The van der Waals surface area contributed by atoms with Crippen molar-refractivity contribution < 1.29 is 0 Å². The van der Waals surface area contributed by atoms with Gasteiger partial charge in [0.05, 0.1) is 0 Å². The Bertz CT molecular complexity index is 281. The summed E-state index contributed by atoms with van der Waals surface area (Å²) in [5.41, 5.74) is 0. The van der Waals surface area contributed by atoms with Gasteiger partial charge in [-0.1, -0.05) is 26.0 Å². The Morgan fingerprint density at radius 2 is 2.00 bits per heavy atom. The Morgan fingerprint density at radius 3 is 2.64 bits per heavy atom. The lowest BCUT2D eigenvalue weighted by molar-refractivity contribution is 0.654. The Morgan fingerprint density at radius 1 is 1.29 bits per heavy atom. The Labute approximate surface area is 91.7 Å². The standard InChI is InChI=1S/C13H20S/c1-4-5-6-7-12-8-9-13(14-12)10-11(2)3/h4-5,8-9,11H,6-7,10H2,1-3H3/b5-4-. The molecule has 0 aromatic carbocycles. The quantitative estimate of drug-likeness (QED) is 0.627. The fourth-order valence-electron chi connectivity index (χ4n) is 1.46. The van der Waals surface area contributed by atoms with Gasteiger partial charge in [-0.25, -0.2) is 0 Å². The molecule has 14 heavy (non-hydrogen) atoms. The maximum Gasteiger partial charge on any atom is 0.00512 e. The molecule has 0 atom stereocenters. The summed E-state index contributed by atoms with van der Waals surface area (Å²) in [7, 11) is 0. The molecule has 0 N–H and O–H groups in total. The van der Waals surface area contributed by atoms with Crippen LogP contribution in [0.15, 0.2) is 24.3 Å². The van der Waals surface area contributed by atoms with Gasteiger partial charge in [0.15, 0.2) is 0 Å². The summed E-state index contributed by atoms with van der Waals surface area (Å²) in [6, 6.07) is 4.57. The minimum atomic E-state index is 0.775. The highest BCUT2D eigenvalue weighted by Crippen LogP contribution is 2.20. The minimum Gasteiger partial charge on any atom is -0.145 e. The van der Waals surface area contributed by atoms with Crippen molar-refractivity contribution in [2.75, 3.05) is 0 Å². The van der Waals surface area contributed by atoms with Gasteiger partial charge in [-0.3, -0.25) is 0 Å². The van der Waals surface area contributed by atoms with Gasteiger partial charge in [-0.15, -0.1) is 11.3 Å². The zero-order valence-corrected chi connectivity index (χ0v) is 10.2. The summed E-state index contributed by atoms with van der Waals surface area (Å²) < 4.78 is 0. The summed E-state index contributed by atoms with van der Waals surface area (Å²) in [6.45, 7) is 6.64. The highest BCUT2D eigenvalue weighted by atomic mass is 32.1. The summed E-state index contributed by atoms with van der Waals surface area (Å²) >= 11 is 1.98. The van der Waals surface area contributed by atoms with Crippen molar-refractivity contribution in [1.82, 2.24) is 0 Å². The molecule has 0 fully saturated rings. The van der Waals surface area contributed by atoms with Crippen LogP contribution in [0.3, 0.4) is 0 Å². The average Bonchev–Trinajstić information content (AvgIpc) is 2.52. The lowest BCUT2D eigenvalue weighted by atomic mass is 10.1. The number of hydrogen-bond donors (Lipinski definition) is 0. The third-order valence-electron chi connectivity index (χ3n) is 2.12.